The number of carbonyl (C=O) groups is 4. The summed E-state index contributed by atoms with van der Waals surface area (Å²) < 4.78 is 69.0. The Balaban J connectivity index is 5.22. The summed E-state index contributed by atoms with van der Waals surface area (Å²) in [4.78, 5) is 73.3. The predicted octanol–water partition coefficient (Wildman–Crippen LogP) is 27.8. The minimum absolute atomic E-state index is 0.109. The molecule has 0 radical (unpaired) electrons. The number of aliphatic hydroxyl groups excluding tert-OH is 1. The van der Waals surface area contributed by atoms with Gasteiger partial charge in [0.2, 0.25) is 0 Å². The molecule has 3 unspecified atom stereocenters. The van der Waals surface area contributed by atoms with Crippen LogP contribution in [-0.4, -0.2) is 96.7 Å². The number of rotatable bonds is 89. The monoisotopic (exact) mass is 1590 g/mol. The van der Waals surface area contributed by atoms with Crippen LogP contribution in [0.4, 0.5) is 0 Å². The first-order valence-electron chi connectivity index (χ1n) is 46.5. The average Bonchev–Trinajstić information content (AvgIpc) is 0.900. The first-order valence-corrected chi connectivity index (χ1v) is 49.5. The Labute approximate surface area is 670 Å². The first kappa shape index (κ1) is 107. The maximum absolute atomic E-state index is 13.2. The van der Waals surface area contributed by atoms with Crippen LogP contribution in [0.3, 0.4) is 0 Å². The van der Waals surface area contributed by atoms with Gasteiger partial charge in [-0.2, -0.15) is 0 Å². The number of hydrogen-bond acceptors (Lipinski definition) is 15. The van der Waals surface area contributed by atoms with E-state index >= 15 is 0 Å². The molecule has 0 aromatic heterocycles. The number of hydrogen-bond donors (Lipinski definition) is 3. The highest BCUT2D eigenvalue weighted by Crippen LogP contribution is 2.45. The first-order chi connectivity index (χ1) is 52.9. The highest BCUT2D eigenvalue weighted by atomic mass is 31.2. The molecule has 3 N–H and O–H groups in total. The third-order valence-corrected chi connectivity index (χ3v) is 23.5. The normalized spacial score (nSPS) is 14.0. The molecule has 0 spiro atoms. The molecule has 648 valence electrons. The van der Waals surface area contributed by atoms with Gasteiger partial charge in [-0.05, 0) is 37.5 Å². The smallest absolute Gasteiger partial charge is 0.462 e. The summed E-state index contributed by atoms with van der Waals surface area (Å²) in [6.07, 6.45) is 75.0. The molecule has 0 amide bonds. The minimum atomic E-state index is -4.97. The number of esters is 4. The quantitative estimate of drug-likeness (QED) is 0.0222. The van der Waals surface area contributed by atoms with Crippen molar-refractivity contribution in [3.63, 3.8) is 0 Å². The fraction of sp³-hybridized carbons (Fsp3) is 0.956. The van der Waals surface area contributed by atoms with Crippen molar-refractivity contribution >= 4 is 39.5 Å². The Morgan fingerprint density at radius 1 is 0.266 bits per heavy atom. The van der Waals surface area contributed by atoms with Gasteiger partial charge in [0.05, 0.1) is 26.4 Å². The Morgan fingerprint density at radius 3 is 0.697 bits per heavy atom. The lowest BCUT2D eigenvalue weighted by atomic mass is 9.99. The standard InChI is InChI=1S/C90H176O17P2/c1-7-10-12-14-16-18-20-21-22-23-27-34-39-44-50-56-62-68-74-89(94)106-85(78-100-87(92)72-66-60-54-48-19-17-15-13-11-8-2)80-104-108(96,97)102-76-84(91)77-103-109(98,99)105-81-86(79-101-88(93)73-67-61-55-49-43-38-33-30-29-31-36-41-46-52-58-64-70-82(4)5)107-90(95)75-69-63-57-51-45-40-35-28-25-24-26-32-37-42-47-53-59-65-71-83(6)9-3/h82-86,91H,7-81H2,1-6H3,(H,96,97)(H,98,99)/t83?,84-,85+,86+/m0/s1. The second-order valence-corrected chi connectivity index (χ2v) is 36.0. The highest BCUT2D eigenvalue weighted by Gasteiger charge is 2.31. The van der Waals surface area contributed by atoms with E-state index in [1.807, 2.05) is 0 Å². The van der Waals surface area contributed by atoms with Crippen molar-refractivity contribution < 1.29 is 80.2 Å². The Bertz CT molecular complexity index is 2080. The number of ether oxygens (including phenoxy) is 4. The maximum Gasteiger partial charge on any atom is 0.472 e. The number of aliphatic hydroxyl groups is 1. The summed E-state index contributed by atoms with van der Waals surface area (Å²) in [5.41, 5.74) is 0. The Morgan fingerprint density at radius 2 is 0.468 bits per heavy atom. The summed E-state index contributed by atoms with van der Waals surface area (Å²) >= 11 is 0. The molecule has 0 bridgehead atoms. The third kappa shape index (κ3) is 82.4. The van der Waals surface area contributed by atoms with E-state index in [-0.39, 0.29) is 25.7 Å². The number of phosphoric acid groups is 2. The highest BCUT2D eigenvalue weighted by molar-refractivity contribution is 7.47. The van der Waals surface area contributed by atoms with Gasteiger partial charge in [0.25, 0.3) is 0 Å². The van der Waals surface area contributed by atoms with Crippen molar-refractivity contribution in [2.45, 2.75) is 503 Å². The number of carbonyl (C=O) groups excluding carboxylic acids is 4. The summed E-state index contributed by atoms with van der Waals surface area (Å²) in [6.45, 7) is 9.79. The SMILES string of the molecule is CCCCCCCCCCCCCCCCCCCCC(=O)O[C@H](COC(=O)CCCCCCCCCCCC)COP(=O)(O)OC[C@H](O)COP(=O)(O)OC[C@@H](COC(=O)CCCCCCCCCCCCCCCCCCC(C)C)OC(=O)CCCCCCCCCCCCCCCCCCCCC(C)CC. The summed E-state index contributed by atoms with van der Waals surface area (Å²) in [5, 5.41) is 10.7. The molecule has 0 rings (SSSR count). The van der Waals surface area contributed by atoms with Crippen molar-refractivity contribution in [3.05, 3.63) is 0 Å². The van der Waals surface area contributed by atoms with Crippen LogP contribution in [0.25, 0.3) is 0 Å². The fourth-order valence-corrected chi connectivity index (χ4v) is 15.7. The van der Waals surface area contributed by atoms with Crippen LogP contribution in [0.15, 0.2) is 0 Å². The van der Waals surface area contributed by atoms with Crippen LogP contribution in [0, 0.1) is 11.8 Å². The van der Waals surface area contributed by atoms with Gasteiger partial charge in [0.1, 0.15) is 19.3 Å². The molecule has 6 atom stereocenters. The van der Waals surface area contributed by atoms with Crippen molar-refractivity contribution in [3.8, 4) is 0 Å². The second-order valence-electron chi connectivity index (χ2n) is 33.1. The Kier molecular flexibility index (Phi) is 79.8. The lowest BCUT2D eigenvalue weighted by Gasteiger charge is -2.21. The molecular formula is C90H176O17P2. The lowest BCUT2D eigenvalue weighted by Crippen LogP contribution is -2.30. The van der Waals surface area contributed by atoms with E-state index in [1.54, 1.807) is 0 Å². The van der Waals surface area contributed by atoms with Crippen LogP contribution >= 0.6 is 15.6 Å². The second kappa shape index (κ2) is 81.2. The van der Waals surface area contributed by atoms with E-state index in [4.69, 9.17) is 37.0 Å². The van der Waals surface area contributed by atoms with Gasteiger partial charge in [-0.25, -0.2) is 9.13 Å². The summed E-state index contributed by atoms with van der Waals surface area (Å²) in [5.74, 6) is -0.413. The van der Waals surface area contributed by atoms with Crippen molar-refractivity contribution in [2.24, 2.45) is 11.8 Å². The van der Waals surface area contributed by atoms with E-state index < -0.39 is 97.5 Å². The van der Waals surface area contributed by atoms with Gasteiger partial charge in [-0.15, -0.1) is 0 Å². The van der Waals surface area contributed by atoms with Crippen LogP contribution in [-0.2, 0) is 65.4 Å². The molecule has 0 aliphatic carbocycles. The number of phosphoric ester groups is 2. The molecule has 17 nitrogen and oxygen atoms in total. The summed E-state index contributed by atoms with van der Waals surface area (Å²) in [7, 11) is -9.93. The van der Waals surface area contributed by atoms with E-state index in [0.717, 1.165) is 102 Å². The molecular weight excluding hydrogens is 1410 g/mol. The van der Waals surface area contributed by atoms with Crippen molar-refractivity contribution in [1.82, 2.24) is 0 Å². The molecule has 19 heteroatoms. The van der Waals surface area contributed by atoms with E-state index in [2.05, 4.69) is 41.5 Å². The zero-order chi connectivity index (χ0) is 79.9. The van der Waals surface area contributed by atoms with Gasteiger partial charge in [-0.1, -0.05) is 433 Å². The topological polar surface area (TPSA) is 237 Å². The molecule has 0 heterocycles. The minimum Gasteiger partial charge on any atom is -0.462 e. The van der Waals surface area contributed by atoms with Gasteiger partial charge < -0.3 is 33.8 Å². The molecule has 109 heavy (non-hydrogen) atoms. The van der Waals surface area contributed by atoms with Crippen LogP contribution in [0.2, 0.25) is 0 Å². The average molecular weight is 1590 g/mol. The van der Waals surface area contributed by atoms with Gasteiger partial charge in [0, 0.05) is 25.7 Å². The molecule has 0 fully saturated rings. The van der Waals surface area contributed by atoms with Gasteiger partial charge in [0.15, 0.2) is 12.2 Å². The molecule has 0 aliphatic heterocycles. The third-order valence-electron chi connectivity index (χ3n) is 21.6. The predicted molar refractivity (Wildman–Crippen MR) is 451 cm³/mol. The molecule has 0 aliphatic rings. The zero-order valence-corrected chi connectivity index (χ0v) is 73.7. The van der Waals surface area contributed by atoms with E-state index in [1.165, 1.54) is 302 Å². The van der Waals surface area contributed by atoms with Crippen LogP contribution in [0.1, 0.15) is 485 Å². The molecule has 0 saturated heterocycles. The zero-order valence-electron chi connectivity index (χ0n) is 71.9. The van der Waals surface area contributed by atoms with Gasteiger partial charge >= 0.3 is 39.5 Å². The van der Waals surface area contributed by atoms with Crippen LogP contribution < -0.4 is 0 Å². The van der Waals surface area contributed by atoms with E-state index in [0.29, 0.717) is 25.7 Å². The maximum atomic E-state index is 13.2. The molecule has 0 aromatic rings. The lowest BCUT2D eigenvalue weighted by molar-refractivity contribution is -0.161. The number of unbranched alkanes of at least 4 members (excludes halogenated alkanes) is 58. The Hall–Kier alpha value is -1.94. The van der Waals surface area contributed by atoms with Gasteiger partial charge in [-0.3, -0.25) is 37.3 Å². The summed E-state index contributed by atoms with van der Waals surface area (Å²) in [6, 6.07) is 0. The molecule has 0 saturated carbocycles. The van der Waals surface area contributed by atoms with E-state index in [9.17, 15) is 43.2 Å². The van der Waals surface area contributed by atoms with Crippen molar-refractivity contribution in [2.75, 3.05) is 39.6 Å². The fourth-order valence-electron chi connectivity index (χ4n) is 14.1. The van der Waals surface area contributed by atoms with Crippen molar-refractivity contribution in [1.29, 1.82) is 0 Å². The van der Waals surface area contributed by atoms with Crippen LogP contribution in [0.5, 0.6) is 0 Å². The largest absolute Gasteiger partial charge is 0.472 e. The molecule has 0 aromatic carbocycles.